The van der Waals surface area contributed by atoms with Gasteiger partial charge < -0.3 is 9.47 Å². The number of hydrogen-bond acceptors (Lipinski definition) is 5. The first-order chi connectivity index (χ1) is 11.1. The van der Waals surface area contributed by atoms with Gasteiger partial charge in [0.05, 0.1) is 11.2 Å². The molecule has 6 heteroatoms. The minimum atomic E-state index is -0.320. The standard InChI is InChI=1S/C17H17N5O/c1-11-4-3-7-22(10-11)16-13(9-19)17(23)21(2)14-6-5-12(8-18)20-15(14)16/h5-6,11H,3-4,7,10H2,1-2H3. The third-order valence-electron chi connectivity index (χ3n) is 4.41. The van der Waals surface area contributed by atoms with Crippen molar-refractivity contribution in [3.05, 3.63) is 33.7 Å². The van der Waals surface area contributed by atoms with Crippen LogP contribution in [-0.4, -0.2) is 22.6 Å². The van der Waals surface area contributed by atoms with E-state index in [0.717, 1.165) is 25.9 Å². The van der Waals surface area contributed by atoms with Crippen molar-refractivity contribution >= 4 is 16.7 Å². The highest BCUT2D eigenvalue weighted by molar-refractivity contribution is 5.92. The van der Waals surface area contributed by atoms with Crippen molar-refractivity contribution in [1.29, 1.82) is 10.5 Å². The van der Waals surface area contributed by atoms with E-state index in [1.165, 1.54) is 4.57 Å². The molecule has 1 atom stereocenters. The van der Waals surface area contributed by atoms with Gasteiger partial charge in [0.1, 0.15) is 28.9 Å². The van der Waals surface area contributed by atoms with Gasteiger partial charge in [0.25, 0.3) is 5.56 Å². The van der Waals surface area contributed by atoms with Gasteiger partial charge in [-0.05, 0) is 30.9 Å². The fourth-order valence-electron chi connectivity index (χ4n) is 3.26. The van der Waals surface area contributed by atoms with Crippen molar-refractivity contribution in [3.63, 3.8) is 0 Å². The van der Waals surface area contributed by atoms with Crippen molar-refractivity contribution in [2.45, 2.75) is 19.8 Å². The quantitative estimate of drug-likeness (QED) is 0.803. The van der Waals surface area contributed by atoms with E-state index in [-0.39, 0.29) is 16.8 Å². The van der Waals surface area contributed by atoms with E-state index in [4.69, 9.17) is 5.26 Å². The molecule has 1 aliphatic heterocycles. The second-order valence-electron chi connectivity index (χ2n) is 6.07. The molecule has 1 fully saturated rings. The van der Waals surface area contributed by atoms with Gasteiger partial charge in [-0.3, -0.25) is 4.79 Å². The Hall–Kier alpha value is -2.86. The second-order valence-corrected chi connectivity index (χ2v) is 6.07. The zero-order chi connectivity index (χ0) is 16.6. The van der Waals surface area contributed by atoms with Crippen molar-refractivity contribution in [1.82, 2.24) is 9.55 Å². The van der Waals surface area contributed by atoms with Crippen LogP contribution in [0.1, 0.15) is 31.0 Å². The summed E-state index contributed by atoms with van der Waals surface area (Å²) in [4.78, 5) is 19.0. The number of hydrogen-bond donors (Lipinski definition) is 0. The number of aryl methyl sites for hydroxylation is 1. The third-order valence-corrected chi connectivity index (χ3v) is 4.41. The summed E-state index contributed by atoms with van der Waals surface area (Å²) in [7, 11) is 1.63. The number of pyridine rings is 2. The number of fused-ring (bicyclic) bond motifs is 1. The first kappa shape index (κ1) is 15.1. The van der Waals surface area contributed by atoms with E-state index >= 15 is 0 Å². The lowest BCUT2D eigenvalue weighted by atomic mass is 9.98. The molecule has 1 aliphatic rings. The molecule has 2 aromatic heterocycles. The third kappa shape index (κ3) is 2.43. The number of anilines is 1. The Morgan fingerprint density at radius 3 is 2.74 bits per heavy atom. The summed E-state index contributed by atoms with van der Waals surface area (Å²) in [5.74, 6) is 0.494. The number of aromatic nitrogens is 2. The van der Waals surface area contributed by atoms with Crippen LogP contribution in [0.5, 0.6) is 0 Å². The van der Waals surface area contributed by atoms with Crippen molar-refractivity contribution in [2.24, 2.45) is 13.0 Å². The number of nitriles is 2. The Labute approximate surface area is 134 Å². The zero-order valence-electron chi connectivity index (χ0n) is 13.2. The Bertz CT molecular complexity index is 916. The SMILES string of the molecule is CC1CCCN(c2c(C#N)c(=O)n(C)c3ccc(C#N)nc23)C1. The zero-order valence-corrected chi connectivity index (χ0v) is 13.2. The van der Waals surface area contributed by atoms with Crippen LogP contribution in [0.4, 0.5) is 5.69 Å². The Morgan fingerprint density at radius 2 is 2.09 bits per heavy atom. The molecule has 0 bridgehead atoms. The molecule has 0 radical (unpaired) electrons. The van der Waals surface area contributed by atoms with Crippen molar-refractivity contribution in [3.8, 4) is 12.1 Å². The normalized spacial score (nSPS) is 17.7. The van der Waals surface area contributed by atoms with E-state index < -0.39 is 0 Å². The molecule has 23 heavy (non-hydrogen) atoms. The average Bonchev–Trinajstić information content (AvgIpc) is 2.57. The Kier molecular flexibility index (Phi) is 3.75. The highest BCUT2D eigenvalue weighted by atomic mass is 16.1. The topological polar surface area (TPSA) is 85.7 Å². The van der Waals surface area contributed by atoms with E-state index in [1.54, 1.807) is 19.2 Å². The van der Waals surface area contributed by atoms with Crippen LogP contribution in [0.25, 0.3) is 11.0 Å². The van der Waals surface area contributed by atoms with Crippen LogP contribution >= 0.6 is 0 Å². The molecular weight excluding hydrogens is 290 g/mol. The van der Waals surface area contributed by atoms with Gasteiger partial charge in [0, 0.05) is 20.1 Å². The van der Waals surface area contributed by atoms with E-state index in [9.17, 15) is 10.1 Å². The molecular formula is C17H17N5O. The number of nitrogens with zero attached hydrogens (tertiary/aromatic N) is 5. The fourth-order valence-corrected chi connectivity index (χ4v) is 3.26. The lowest BCUT2D eigenvalue weighted by Crippen LogP contribution is -2.37. The molecule has 0 aromatic carbocycles. The summed E-state index contributed by atoms with van der Waals surface area (Å²) in [6.07, 6.45) is 2.15. The first-order valence-electron chi connectivity index (χ1n) is 7.65. The molecule has 2 aromatic rings. The van der Waals surface area contributed by atoms with Gasteiger partial charge in [-0.1, -0.05) is 6.92 Å². The number of piperidine rings is 1. The van der Waals surface area contributed by atoms with Crippen LogP contribution in [0, 0.1) is 28.6 Å². The van der Waals surface area contributed by atoms with E-state index in [1.807, 2.05) is 12.1 Å². The smallest absolute Gasteiger partial charge is 0.270 e. The summed E-state index contributed by atoms with van der Waals surface area (Å²) in [5, 5.41) is 18.7. The molecule has 0 amide bonds. The minimum absolute atomic E-state index is 0.108. The Morgan fingerprint density at radius 1 is 1.30 bits per heavy atom. The van der Waals surface area contributed by atoms with Gasteiger partial charge in [-0.15, -0.1) is 0 Å². The second kappa shape index (κ2) is 5.73. The lowest BCUT2D eigenvalue weighted by molar-refractivity contribution is 0.447. The van der Waals surface area contributed by atoms with Crippen molar-refractivity contribution < 1.29 is 0 Å². The van der Waals surface area contributed by atoms with Crippen LogP contribution in [0.15, 0.2) is 16.9 Å². The predicted molar refractivity (Wildman–Crippen MR) is 87.0 cm³/mol. The molecule has 0 saturated carbocycles. The van der Waals surface area contributed by atoms with Crippen LogP contribution in [-0.2, 0) is 7.05 Å². The summed E-state index contributed by atoms with van der Waals surface area (Å²) < 4.78 is 1.43. The molecule has 116 valence electrons. The fraction of sp³-hybridized carbons (Fsp3) is 0.412. The van der Waals surface area contributed by atoms with Crippen molar-refractivity contribution in [2.75, 3.05) is 18.0 Å². The van der Waals surface area contributed by atoms with E-state index in [2.05, 4.69) is 16.8 Å². The molecule has 0 N–H and O–H groups in total. The monoisotopic (exact) mass is 307 g/mol. The lowest BCUT2D eigenvalue weighted by Gasteiger charge is -2.33. The Balaban J connectivity index is 2.37. The van der Waals surface area contributed by atoms with Gasteiger partial charge in [-0.2, -0.15) is 10.5 Å². The number of rotatable bonds is 1. The summed E-state index contributed by atoms with van der Waals surface area (Å²) >= 11 is 0. The van der Waals surface area contributed by atoms with Gasteiger partial charge >= 0.3 is 0 Å². The summed E-state index contributed by atoms with van der Waals surface area (Å²) in [6, 6.07) is 7.39. The molecule has 6 nitrogen and oxygen atoms in total. The summed E-state index contributed by atoms with van der Waals surface area (Å²) in [6.45, 7) is 3.74. The molecule has 1 saturated heterocycles. The van der Waals surface area contributed by atoms with E-state index in [0.29, 0.717) is 22.6 Å². The maximum absolute atomic E-state index is 12.5. The minimum Gasteiger partial charge on any atom is -0.368 e. The first-order valence-corrected chi connectivity index (χ1v) is 7.65. The largest absolute Gasteiger partial charge is 0.368 e. The van der Waals surface area contributed by atoms with Gasteiger partial charge in [0.2, 0.25) is 0 Å². The molecule has 3 heterocycles. The highest BCUT2D eigenvalue weighted by Crippen LogP contribution is 2.30. The van der Waals surface area contributed by atoms with Gasteiger partial charge in [-0.25, -0.2) is 4.98 Å². The average molecular weight is 307 g/mol. The summed E-state index contributed by atoms with van der Waals surface area (Å²) in [5.41, 5.74) is 1.84. The maximum Gasteiger partial charge on any atom is 0.270 e. The molecule has 1 unspecified atom stereocenters. The highest BCUT2D eigenvalue weighted by Gasteiger charge is 2.25. The maximum atomic E-state index is 12.5. The predicted octanol–water partition coefficient (Wildman–Crippen LogP) is 1.91. The van der Waals surface area contributed by atoms with Crippen LogP contribution in [0.3, 0.4) is 0 Å². The van der Waals surface area contributed by atoms with Crippen LogP contribution in [0.2, 0.25) is 0 Å². The molecule has 0 aliphatic carbocycles. The van der Waals surface area contributed by atoms with Gasteiger partial charge in [0.15, 0.2) is 0 Å². The molecule has 0 spiro atoms. The van der Waals surface area contributed by atoms with Crippen LogP contribution < -0.4 is 10.5 Å². The molecule has 3 rings (SSSR count).